The van der Waals surface area contributed by atoms with Gasteiger partial charge >= 0.3 is 0 Å². The number of carbonyl (C=O) groups is 2. The number of benzene rings is 2. The van der Waals surface area contributed by atoms with Crippen molar-refractivity contribution in [3.8, 4) is 11.1 Å². The van der Waals surface area contributed by atoms with Gasteiger partial charge in [0.1, 0.15) is 5.69 Å². The summed E-state index contributed by atoms with van der Waals surface area (Å²) >= 11 is 6.30. The van der Waals surface area contributed by atoms with Crippen LogP contribution in [-0.2, 0) is 6.54 Å². The zero-order chi connectivity index (χ0) is 26.7. The maximum atomic E-state index is 13.7. The Hall–Kier alpha value is -3.75. The largest absolute Gasteiger partial charge is 0.396 e. The summed E-state index contributed by atoms with van der Waals surface area (Å²) in [5.41, 5.74) is 1.53. The molecule has 4 aromatic rings. The monoisotopic (exact) mass is 520 g/mol. The average molecular weight is 521 g/mol. The molecule has 4 rings (SSSR count). The lowest BCUT2D eigenvalue weighted by atomic mass is 9.94. The Labute approximate surface area is 219 Å². The first-order valence-corrected chi connectivity index (χ1v) is 12.4. The van der Waals surface area contributed by atoms with Gasteiger partial charge in [-0.1, -0.05) is 62.7 Å². The molecule has 0 aliphatic heterocycles. The van der Waals surface area contributed by atoms with Crippen LogP contribution in [0.15, 0.2) is 59.4 Å². The molecule has 8 nitrogen and oxygen atoms in total. The van der Waals surface area contributed by atoms with Gasteiger partial charge in [-0.15, -0.1) is 0 Å². The molecule has 192 valence electrons. The Kier molecular flexibility index (Phi) is 7.61. The summed E-state index contributed by atoms with van der Waals surface area (Å²) in [5.74, 6) is -0.596. The molecule has 2 heterocycles. The third-order valence-corrected chi connectivity index (χ3v) is 6.46. The highest BCUT2D eigenvalue weighted by atomic mass is 35.5. The fourth-order valence-electron chi connectivity index (χ4n) is 4.12. The van der Waals surface area contributed by atoms with Crippen molar-refractivity contribution < 1.29 is 14.7 Å². The van der Waals surface area contributed by atoms with E-state index in [1.807, 2.05) is 44.2 Å². The first-order valence-electron chi connectivity index (χ1n) is 12.0. The summed E-state index contributed by atoms with van der Waals surface area (Å²) in [7, 11) is 0. The molecule has 37 heavy (non-hydrogen) atoms. The van der Waals surface area contributed by atoms with Crippen molar-refractivity contribution >= 4 is 34.1 Å². The third kappa shape index (κ3) is 5.50. The van der Waals surface area contributed by atoms with Gasteiger partial charge in [0, 0.05) is 41.0 Å². The summed E-state index contributed by atoms with van der Waals surface area (Å²) in [4.78, 5) is 39.6. The van der Waals surface area contributed by atoms with E-state index in [0.717, 1.165) is 5.56 Å². The van der Waals surface area contributed by atoms with Crippen LogP contribution in [0.2, 0.25) is 5.02 Å². The maximum absolute atomic E-state index is 13.7. The number of rotatable bonds is 9. The number of amides is 1. The SMILES string of the molecule is CCC(=O)c1c(-c2ccccc2)c2cc(Cl)ccc2c(=O)n1Cc1cc(C(=O)NCC(C)(C)CO)n[nH]1. The van der Waals surface area contributed by atoms with Crippen molar-refractivity contribution in [3.63, 3.8) is 0 Å². The lowest BCUT2D eigenvalue weighted by Crippen LogP contribution is -2.36. The van der Waals surface area contributed by atoms with Crippen LogP contribution in [0.3, 0.4) is 0 Å². The lowest BCUT2D eigenvalue weighted by molar-refractivity contribution is 0.0905. The third-order valence-electron chi connectivity index (χ3n) is 6.23. The van der Waals surface area contributed by atoms with Gasteiger partial charge in [-0.3, -0.25) is 24.0 Å². The van der Waals surface area contributed by atoms with E-state index in [4.69, 9.17) is 11.6 Å². The first-order chi connectivity index (χ1) is 17.6. The molecular formula is C28H29ClN4O4. The second-order valence-electron chi connectivity index (χ2n) is 9.73. The predicted molar refractivity (Wildman–Crippen MR) is 144 cm³/mol. The molecule has 0 saturated heterocycles. The van der Waals surface area contributed by atoms with E-state index in [-0.39, 0.29) is 48.8 Å². The molecular weight excluding hydrogens is 492 g/mol. The van der Waals surface area contributed by atoms with Gasteiger partial charge in [0.15, 0.2) is 5.78 Å². The summed E-state index contributed by atoms with van der Waals surface area (Å²) in [6.07, 6.45) is 0.197. The Morgan fingerprint density at radius 3 is 2.51 bits per heavy atom. The molecule has 0 bridgehead atoms. The van der Waals surface area contributed by atoms with E-state index in [1.165, 1.54) is 4.57 Å². The Bertz CT molecular complexity index is 1520. The fourth-order valence-corrected chi connectivity index (χ4v) is 4.29. The molecule has 0 fully saturated rings. The number of hydrogen-bond donors (Lipinski definition) is 3. The number of aromatic nitrogens is 3. The minimum absolute atomic E-state index is 0.0146. The van der Waals surface area contributed by atoms with Crippen molar-refractivity contribution in [2.24, 2.45) is 5.41 Å². The van der Waals surface area contributed by atoms with Crippen LogP contribution in [0.25, 0.3) is 21.9 Å². The van der Waals surface area contributed by atoms with E-state index in [0.29, 0.717) is 27.1 Å². The van der Waals surface area contributed by atoms with Crippen molar-refractivity contribution in [1.29, 1.82) is 0 Å². The highest BCUT2D eigenvalue weighted by Crippen LogP contribution is 2.33. The summed E-state index contributed by atoms with van der Waals surface area (Å²) in [5, 5.41) is 20.6. The molecule has 0 saturated carbocycles. The number of nitrogens with one attached hydrogen (secondary N) is 2. The number of pyridine rings is 1. The highest BCUT2D eigenvalue weighted by molar-refractivity contribution is 6.31. The van der Waals surface area contributed by atoms with Gasteiger partial charge in [0.05, 0.1) is 17.9 Å². The minimum Gasteiger partial charge on any atom is -0.396 e. The molecule has 0 atom stereocenters. The first kappa shape index (κ1) is 26.3. The minimum atomic E-state index is -0.473. The van der Waals surface area contributed by atoms with E-state index >= 15 is 0 Å². The number of aromatic amines is 1. The van der Waals surface area contributed by atoms with Crippen LogP contribution in [-0.4, -0.2) is 44.7 Å². The van der Waals surface area contributed by atoms with Crippen LogP contribution in [0, 0.1) is 5.41 Å². The second-order valence-corrected chi connectivity index (χ2v) is 10.2. The molecule has 0 radical (unpaired) electrons. The van der Waals surface area contributed by atoms with Crippen LogP contribution in [0.1, 0.15) is 53.9 Å². The van der Waals surface area contributed by atoms with Gasteiger partial charge < -0.3 is 10.4 Å². The van der Waals surface area contributed by atoms with Crippen molar-refractivity contribution in [3.05, 3.63) is 87.1 Å². The molecule has 1 amide bonds. The zero-order valence-electron chi connectivity index (χ0n) is 21.0. The van der Waals surface area contributed by atoms with E-state index < -0.39 is 11.3 Å². The Balaban J connectivity index is 1.83. The number of H-pyrrole nitrogens is 1. The van der Waals surface area contributed by atoms with Gasteiger partial charge in [0.25, 0.3) is 11.5 Å². The smallest absolute Gasteiger partial charge is 0.271 e. The van der Waals surface area contributed by atoms with Crippen LogP contribution in [0.4, 0.5) is 0 Å². The number of halogens is 1. The Morgan fingerprint density at radius 2 is 1.84 bits per heavy atom. The number of hydrogen-bond acceptors (Lipinski definition) is 5. The Morgan fingerprint density at radius 1 is 1.11 bits per heavy atom. The summed E-state index contributed by atoms with van der Waals surface area (Å²) < 4.78 is 1.44. The number of aliphatic hydroxyl groups excluding tert-OH is 1. The zero-order valence-corrected chi connectivity index (χ0v) is 21.7. The quantitative estimate of drug-likeness (QED) is 0.282. The highest BCUT2D eigenvalue weighted by Gasteiger charge is 2.24. The van der Waals surface area contributed by atoms with E-state index in [9.17, 15) is 19.5 Å². The van der Waals surface area contributed by atoms with E-state index in [1.54, 1.807) is 31.2 Å². The molecule has 0 aliphatic rings. The molecule has 0 spiro atoms. The van der Waals surface area contributed by atoms with Crippen LogP contribution < -0.4 is 10.9 Å². The molecule has 0 unspecified atom stereocenters. The number of carbonyl (C=O) groups excluding carboxylic acids is 2. The number of fused-ring (bicyclic) bond motifs is 1. The number of ketones is 1. The maximum Gasteiger partial charge on any atom is 0.271 e. The topological polar surface area (TPSA) is 117 Å². The summed E-state index contributed by atoms with van der Waals surface area (Å²) in [6.45, 7) is 5.62. The van der Waals surface area contributed by atoms with Gasteiger partial charge in [-0.2, -0.15) is 5.10 Å². The number of Topliss-reactive ketones (excluding diaryl/α,β-unsaturated/α-hetero) is 1. The van der Waals surface area contributed by atoms with Crippen LogP contribution >= 0.6 is 11.6 Å². The van der Waals surface area contributed by atoms with Crippen molar-refractivity contribution in [1.82, 2.24) is 20.1 Å². The average Bonchev–Trinajstić information content (AvgIpc) is 3.37. The molecule has 3 N–H and O–H groups in total. The van der Waals surface area contributed by atoms with E-state index in [2.05, 4.69) is 15.5 Å². The number of aliphatic hydroxyl groups is 1. The molecule has 2 aromatic heterocycles. The van der Waals surface area contributed by atoms with Gasteiger partial charge in [0.2, 0.25) is 0 Å². The normalized spacial score (nSPS) is 11.6. The second kappa shape index (κ2) is 10.7. The predicted octanol–water partition coefficient (Wildman–Crippen LogP) is 4.43. The van der Waals surface area contributed by atoms with Gasteiger partial charge in [-0.25, -0.2) is 0 Å². The lowest BCUT2D eigenvalue weighted by Gasteiger charge is -2.21. The van der Waals surface area contributed by atoms with Crippen molar-refractivity contribution in [2.45, 2.75) is 33.7 Å². The number of nitrogens with zero attached hydrogens (tertiary/aromatic N) is 2. The van der Waals surface area contributed by atoms with Crippen molar-refractivity contribution in [2.75, 3.05) is 13.2 Å². The molecule has 9 heteroatoms. The molecule has 2 aromatic carbocycles. The standard InChI is InChI=1S/C28H29ClN4O4/c1-4-23(35)25-24(17-8-6-5-7-9-17)21-12-18(29)10-11-20(21)27(37)33(25)14-19-13-22(32-31-19)26(36)30-15-28(2,3)16-34/h5-13,34H,4,14-16H2,1-3H3,(H,30,36)(H,31,32). The fraction of sp³-hybridized carbons (Fsp3) is 0.286. The van der Waals surface area contributed by atoms with Gasteiger partial charge in [-0.05, 0) is 35.2 Å². The van der Waals surface area contributed by atoms with Crippen LogP contribution in [0.5, 0.6) is 0 Å². The molecule has 0 aliphatic carbocycles. The summed E-state index contributed by atoms with van der Waals surface area (Å²) in [6, 6.07) is 16.0.